The van der Waals surface area contributed by atoms with E-state index in [2.05, 4.69) is 23.8 Å². The van der Waals surface area contributed by atoms with Crippen LogP contribution in [0.15, 0.2) is 91.1 Å². The van der Waals surface area contributed by atoms with Crippen molar-refractivity contribution in [2.75, 3.05) is 12.4 Å². The molecule has 0 aromatic heterocycles. The first-order valence-corrected chi connectivity index (χ1v) is 10.2. The zero-order chi connectivity index (χ0) is 23.1. The molecule has 0 radical (unpaired) electrons. The minimum absolute atomic E-state index is 0.344. The zero-order valence-corrected chi connectivity index (χ0v) is 19.1. The molecule has 4 N–H and O–H groups in total. The minimum Gasteiger partial charge on any atom is -0.401 e. The number of benzene rings is 1. The number of amides is 2. The van der Waals surface area contributed by atoms with E-state index >= 15 is 0 Å². The third kappa shape index (κ3) is 7.87. The fourth-order valence-corrected chi connectivity index (χ4v) is 2.65. The van der Waals surface area contributed by atoms with E-state index in [0.29, 0.717) is 11.4 Å². The smallest absolute Gasteiger partial charge is 0.323 e. The molecule has 0 saturated heterocycles. The number of nitrogens with two attached hydrogens (primary N) is 1. The highest BCUT2D eigenvalue weighted by Gasteiger charge is 2.15. The lowest BCUT2D eigenvalue weighted by molar-refractivity contribution is 0.254. The van der Waals surface area contributed by atoms with Crippen molar-refractivity contribution in [1.82, 2.24) is 10.2 Å². The molecule has 1 aliphatic rings. The molecule has 162 valence electrons. The Labute approximate surface area is 182 Å². The Morgan fingerprint density at radius 1 is 1.10 bits per heavy atom. The van der Waals surface area contributed by atoms with Crippen molar-refractivity contribution in [3.05, 3.63) is 96.7 Å². The summed E-state index contributed by atoms with van der Waals surface area (Å²) in [7, 11) is 1.96. The van der Waals surface area contributed by atoms with Crippen molar-refractivity contribution in [1.29, 1.82) is 0 Å². The van der Waals surface area contributed by atoms with Crippen LogP contribution in [0.3, 0.4) is 0 Å². The van der Waals surface area contributed by atoms with Crippen LogP contribution < -0.4 is 16.4 Å². The number of nitrogens with one attached hydrogen (secondary N) is 2. The topological polar surface area (TPSA) is 70.4 Å². The molecule has 0 atom stereocenters. The molecule has 0 aliphatic carbocycles. The number of anilines is 1. The predicted octanol–water partition coefficient (Wildman–Crippen LogP) is 6.15. The van der Waals surface area contributed by atoms with Crippen LogP contribution >= 0.6 is 0 Å². The lowest BCUT2D eigenvalue weighted by Gasteiger charge is -2.25. The Kier molecular flexibility index (Phi) is 12.8. The van der Waals surface area contributed by atoms with Crippen LogP contribution in [0.25, 0.3) is 5.57 Å². The molecule has 1 aromatic rings. The molecule has 30 heavy (non-hydrogen) atoms. The van der Waals surface area contributed by atoms with Crippen molar-refractivity contribution >= 4 is 17.3 Å². The zero-order valence-electron chi connectivity index (χ0n) is 19.1. The highest BCUT2D eigenvalue weighted by molar-refractivity contribution is 5.91. The van der Waals surface area contributed by atoms with Gasteiger partial charge in [0.15, 0.2) is 0 Å². The van der Waals surface area contributed by atoms with E-state index in [1.807, 2.05) is 89.2 Å². The van der Waals surface area contributed by atoms with Crippen LogP contribution in [0.4, 0.5) is 10.5 Å². The fourth-order valence-electron chi connectivity index (χ4n) is 2.65. The second-order valence-corrected chi connectivity index (χ2v) is 5.78. The predicted molar refractivity (Wildman–Crippen MR) is 132 cm³/mol. The van der Waals surface area contributed by atoms with Gasteiger partial charge in [-0.15, -0.1) is 0 Å². The molecule has 0 saturated carbocycles. The average molecular weight is 409 g/mol. The van der Waals surface area contributed by atoms with Gasteiger partial charge in [0.1, 0.15) is 0 Å². The van der Waals surface area contributed by atoms with Gasteiger partial charge >= 0.3 is 6.03 Å². The average Bonchev–Trinajstić information content (AvgIpc) is 2.76. The van der Waals surface area contributed by atoms with Gasteiger partial charge in [-0.3, -0.25) is 0 Å². The number of nitrogens with zero attached hydrogens (tertiary/aromatic N) is 1. The normalized spacial score (nSPS) is 14.1. The number of likely N-dealkylation sites (N-methyl/N-ethyl adjacent to an activating group) is 1. The van der Waals surface area contributed by atoms with Crippen molar-refractivity contribution in [3.63, 3.8) is 0 Å². The third-order valence-electron chi connectivity index (χ3n) is 3.78. The summed E-state index contributed by atoms with van der Waals surface area (Å²) in [4.78, 5) is 14.0. The highest BCUT2D eigenvalue weighted by Crippen LogP contribution is 2.30. The van der Waals surface area contributed by atoms with Gasteiger partial charge in [-0.25, -0.2) is 4.79 Å². The van der Waals surface area contributed by atoms with Crippen molar-refractivity contribution in [2.45, 2.75) is 34.6 Å². The first-order valence-electron chi connectivity index (χ1n) is 10.2. The molecule has 0 fully saturated rings. The summed E-state index contributed by atoms with van der Waals surface area (Å²) < 4.78 is 0. The Hall–Kier alpha value is -3.47. The molecular formula is C25H36N4O. The molecule has 0 bridgehead atoms. The van der Waals surface area contributed by atoms with Crippen LogP contribution in [0.1, 0.15) is 40.2 Å². The van der Waals surface area contributed by atoms with E-state index in [1.54, 1.807) is 18.2 Å². The van der Waals surface area contributed by atoms with Gasteiger partial charge in [0.25, 0.3) is 0 Å². The van der Waals surface area contributed by atoms with E-state index in [1.165, 1.54) is 0 Å². The van der Waals surface area contributed by atoms with Crippen LogP contribution in [-0.2, 0) is 0 Å². The molecule has 5 heteroatoms. The van der Waals surface area contributed by atoms with Gasteiger partial charge in [0.05, 0.1) is 5.70 Å². The van der Waals surface area contributed by atoms with Gasteiger partial charge in [-0.1, -0.05) is 65.1 Å². The molecule has 1 heterocycles. The van der Waals surface area contributed by atoms with Crippen LogP contribution in [0, 0.1) is 0 Å². The summed E-state index contributed by atoms with van der Waals surface area (Å²) >= 11 is 0. The highest BCUT2D eigenvalue weighted by atomic mass is 16.2. The lowest BCUT2D eigenvalue weighted by Crippen LogP contribution is -2.27. The summed E-state index contributed by atoms with van der Waals surface area (Å²) in [5, 5.41) is 5.48. The molecule has 0 spiro atoms. The Morgan fingerprint density at radius 3 is 2.20 bits per heavy atom. The maximum atomic E-state index is 12.0. The summed E-state index contributed by atoms with van der Waals surface area (Å²) in [6.07, 6.45) is 10.8. The van der Waals surface area contributed by atoms with E-state index in [-0.39, 0.29) is 6.03 Å². The van der Waals surface area contributed by atoms with Crippen molar-refractivity contribution in [3.8, 4) is 0 Å². The Morgan fingerprint density at radius 2 is 1.70 bits per heavy atom. The molecule has 1 aromatic carbocycles. The number of allylic oxidation sites excluding steroid dienone is 7. The SMILES string of the molecule is C=C/C=C(\C=C)NC(=O)Nc1ccc(C2=CC=CN(C)/C2=C(\C)N)cc1.CC.CC. The first-order chi connectivity index (χ1) is 14.5. The fraction of sp³-hybridized carbons (Fsp3) is 0.240. The number of carbonyl (C=O) groups is 1. The van der Waals surface area contributed by atoms with E-state index in [4.69, 9.17) is 5.73 Å². The maximum absolute atomic E-state index is 12.0. The summed E-state index contributed by atoms with van der Waals surface area (Å²) in [6.45, 7) is 17.1. The molecular weight excluding hydrogens is 372 g/mol. The van der Waals surface area contributed by atoms with Crippen LogP contribution in [-0.4, -0.2) is 18.0 Å². The monoisotopic (exact) mass is 408 g/mol. The Bertz CT molecular complexity index is 823. The second-order valence-electron chi connectivity index (χ2n) is 5.78. The van der Waals surface area contributed by atoms with Gasteiger partial charge in [-0.2, -0.15) is 0 Å². The van der Waals surface area contributed by atoms with E-state index in [0.717, 1.165) is 22.5 Å². The first kappa shape index (κ1) is 26.5. The Balaban J connectivity index is 0.00000198. The van der Waals surface area contributed by atoms with Gasteiger partial charge in [0.2, 0.25) is 0 Å². The van der Waals surface area contributed by atoms with E-state index < -0.39 is 0 Å². The van der Waals surface area contributed by atoms with Gasteiger partial charge < -0.3 is 21.3 Å². The van der Waals surface area contributed by atoms with Crippen molar-refractivity contribution in [2.24, 2.45) is 5.73 Å². The lowest BCUT2D eigenvalue weighted by atomic mass is 9.98. The largest absolute Gasteiger partial charge is 0.401 e. The second kappa shape index (κ2) is 14.5. The van der Waals surface area contributed by atoms with Crippen molar-refractivity contribution < 1.29 is 4.79 Å². The number of hydrogen-bond donors (Lipinski definition) is 3. The number of urea groups is 1. The van der Waals surface area contributed by atoms with Gasteiger partial charge in [-0.05, 0) is 42.8 Å². The van der Waals surface area contributed by atoms with Gasteiger partial charge in [0, 0.05) is 35.9 Å². The maximum Gasteiger partial charge on any atom is 0.323 e. The quantitative estimate of drug-likeness (QED) is 0.512. The number of hydrogen-bond acceptors (Lipinski definition) is 3. The summed E-state index contributed by atoms with van der Waals surface area (Å²) in [5.74, 6) is 0. The summed E-state index contributed by atoms with van der Waals surface area (Å²) in [5.41, 5.74) is 11.1. The number of rotatable bonds is 5. The molecule has 0 unspecified atom stereocenters. The molecule has 5 nitrogen and oxygen atoms in total. The molecule has 1 aliphatic heterocycles. The number of carbonyl (C=O) groups excluding carboxylic acids is 1. The van der Waals surface area contributed by atoms with E-state index in [9.17, 15) is 4.79 Å². The van der Waals surface area contributed by atoms with Crippen LogP contribution in [0.2, 0.25) is 0 Å². The summed E-state index contributed by atoms with van der Waals surface area (Å²) in [6, 6.07) is 7.25. The third-order valence-corrected chi connectivity index (χ3v) is 3.78. The minimum atomic E-state index is -0.344. The van der Waals surface area contributed by atoms with Crippen LogP contribution in [0.5, 0.6) is 0 Å². The molecule has 2 rings (SSSR count). The standard InChI is InChI=1S/C21H24N4O.2C2H6/c1-5-8-17(6-2)23-21(26)24-18-12-10-16(11-13-18)19-9-7-14-25(4)20(19)15(3)22;2*1-2/h5-14H,1-2,22H2,3-4H3,(H2,23,24,26);2*1-2H3/b17-8+,20-15+;;. The molecule has 2 amide bonds.